The zero-order valence-electron chi connectivity index (χ0n) is 8.10. The van der Waals surface area contributed by atoms with Gasteiger partial charge in [-0.15, -0.1) is 0 Å². The molecule has 0 aliphatic carbocycles. The number of hydrogen-bond donors (Lipinski definition) is 0. The Morgan fingerprint density at radius 3 is 2.31 bits per heavy atom. The Morgan fingerprint density at radius 1 is 1.31 bits per heavy atom. The summed E-state index contributed by atoms with van der Waals surface area (Å²) >= 11 is 0. The van der Waals surface area contributed by atoms with Gasteiger partial charge in [-0.3, -0.25) is 4.79 Å². The molecule has 0 aliphatic rings. The number of hydrogen-bond acceptors (Lipinski definition) is 1. The van der Waals surface area contributed by atoms with Gasteiger partial charge < -0.3 is 0 Å². The van der Waals surface area contributed by atoms with E-state index >= 15 is 0 Å². The molecular weight excluding hydrogens is 167 g/mol. The van der Waals surface area contributed by atoms with E-state index in [1.165, 1.54) is 6.07 Å². The van der Waals surface area contributed by atoms with Crippen LogP contribution >= 0.6 is 0 Å². The van der Waals surface area contributed by atoms with E-state index in [-0.39, 0.29) is 11.0 Å². The molecule has 0 amide bonds. The molecule has 1 aromatic carbocycles. The van der Waals surface area contributed by atoms with Gasteiger partial charge in [-0.2, -0.15) is 0 Å². The fourth-order valence-electron chi connectivity index (χ4n) is 1.31. The molecule has 0 unspecified atom stereocenters. The lowest BCUT2D eigenvalue weighted by molar-refractivity contribution is 0.111. The first-order valence-corrected chi connectivity index (χ1v) is 4.21. The Morgan fingerprint density at radius 2 is 1.92 bits per heavy atom. The van der Waals surface area contributed by atoms with Gasteiger partial charge in [0, 0.05) is 0 Å². The predicted molar refractivity (Wildman–Crippen MR) is 50.5 cm³/mol. The fraction of sp³-hybridized carbons (Fsp3) is 0.364. The smallest absolute Gasteiger partial charge is 0.153 e. The first-order valence-electron chi connectivity index (χ1n) is 4.21. The second-order valence-electron chi connectivity index (χ2n) is 4.07. The summed E-state index contributed by atoms with van der Waals surface area (Å²) in [5.41, 5.74) is 0.732. The van der Waals surface area contributed by atoms with Crippen molar-refractivity contribution in [2.45, 2.75) is 26.2 Å². The van der Waals surface area contributed by atoms with Gasteiger partial charge in [0.1, 0.15) is 5.82 Å². The van der Waals surface area contributed by atoms with Gasteiger partial charge in [0.05, 0.1) is 5.56 Å². The Hall–Kier alpha value is -1.18. The van der Waals surface area contributed by atoms with Crippen LogP contribution in [0.1, 0.15) is 36.7 Å². The molecule has 0 aromatic heterocycles. The summed E-state index contributed by atoms with van der Waals surface area (Å²) < 4.78 is 13.1. The van der Waals surface area contributed by atoms with Gasteiger partial charge in [0.25, 0.3) is 0 Å². The molecule has 13 heavy (non-hydrogen) atoms. The molecule has 0 saturated heterocycles. The van der Waals surface area contributed by atoms with Gasteiger partial charge in [-0.25, -0.2) is 4.39 Å². The Balaban J connectivity index is 3.37. The van der Waals surface area contributed by atoms with Crippen molar-refractivity contribution in [1.29, 1.82) is 0 Å². The molecule has 0 heterocycles. The number of rotatable bonds is 1. The van der Waals surface area contributed by atoms with Crippen LogP contribution in [0.4, 0.5) is 4.39 Å². The molecule has 2 heteroatoms. The molecule has 0 N–H and O–H groups in total. The van der Waals surface area contributed by atoms with Crippen molar-refractivity contribution in [3.63, 3.8) is 0 Å². The standard InChI is InChI=1S/C11H13FO/c1-11(2,3)9-5-4-6-10(12)8(9)7-13/h4-7H,1-3H3. The zero-order valence-corrected chi connectivity index (χ0v) is 8.10. The van der Waals surface area contributed by atoms with E-state index in [9.17, 15) is 9.18 Å². The molecule has 1 rings (SSSR count). The molecule has 70 valence electrons. The third-order valence-electron chi connectivity index (χ3n) is 1.98. The van der Waals surface area contributed by atoms with Crippen LogP contribution in [0.3, 0.4) is 0 Å². The van der Waals surface area contributed by atoms with E-state index in [4.69, 9.17) is 0 Å². The lowest BCUT2D eigenvalue weighted by Crippen LogP contribution is -2.14. The van der Waals surface area contributed by atoms with E-state index < -0.39 is 5.82 Å². The largest absolute Gasteiger partial charge is 0.298 e. The summed E-state index contributed by atoms with van der Waals surface area (Å²) in [6, 6.07) is 4.72. The van der Waals surface area contributed by atoms with Crippen molar-refractivity contribution in [3.05, 3.63) is 35.1 Å². The summed E-state index contributed by atoms with van der Waals surface area (Å²) in [4.78, 5) is 10.7. The summed E-state index contributed by atoms with van der Waals surface area (Å²) in [6.07, 6.45) is 0.579. The third kappa shape index (κ3) is 1.94. The van der Waals surface area contributed by atoms with Crippen molar-refractivity contribution >= 4 is 6.29 Å². The van der Waals surface area contributed by atoms with Crippen molar-refractivity contribution < 1.29 is 9.18 Å². The van der Waals surface area contributed by atoms with E-state index in [0.29, 0.717) is 6.29 Å². The monoisotopic (exact) mass is 180 g/mol. The van der Waals surface area contributed by atoms with E-state index in [0.717, 1.165) is 5.56 Å². The number of benzene rings is 1. The molecule has 0 atom stereocenters. The van der Waals surface area contributed by atoms with Gasteiger partial charge >= 0.3 is 0 Å². The maximum Gasteiger partial charge on any atom is 0.153 e. The maximum absolute atomic E-state index is 13.1. The number of carbonyl (C=O) groups is 1. The zero-order chi connectivity index (χ0) is 10.1. The van der Waals surface area contributed by atoms with Crippen LogP contribution in [0.5, 0.6) is 0 Å². The minimum atomic E-state index is -0.442. The normalized spacial score (nSPS) is 11.4. The average molecular weight is 180 g/mol. The summed E-state index contributed by atoms with van der Waals surface area (Å²) in [5, 5.41) is 0. The number of aldehydes is 1. The Bertz CT molecular complexity index is 323. The first-order chi connectivity index (χ1) is 5.96. The fourth-order valence-corrected chi connectivity index (χ4v) is 1.31. The molecule has 1 aromatic rings. The number of halogens is 1. The highest BCUT2D eigenvalue weighted by Gasteiger charge is 2.19. The average Bonchev–Trinajstić information content (AvgIpc) is 2.02. The first kappa shape index (κ1) is 9.90. The second-order valence-corrected chi connectivity index (χ2v) is 4.07. The topological polar surface area (TPSA) is 17.1 Å². The molecular formula is C11H13FO. The second kappa shape index (κ2) is 3.29. The summed E-state index contributed by atoms with van der Waals surface area (Å²) in [6.45, 7) is 5.86. The quantitative estimate of drug-likeness (QED) is 0.607. The highest BCUT2D eigenvalue weighted by atomic mass is 19.1. The van der Waals surface area contributed by atoms with Gasteiger partial charge in [0.2, 0.25) is 0 Å². The van der Waals surface area contributed by atoms with Crippen LogP contribution in [0, 0.1) is 5.82 Å². The molecule has 0 bridgehead atoms. The Kier molecular flexibility index (Phi) is 2.50. The number of carbonyl (C=O) groups excluding carboxylic acids is 1. The van der Waals surface area contributed by atoms with Crippen molar-refractivity contribution in [1.82, 2.24) is 0 Å². The van der Waals surface area contributed by atoms with E-state index in [2.05, 4.69) is 0 Å². The molecule has 0 radical (unpaired) electrons. The molecule has 0 fully saturated rings. The SMILES string of the molecule is CC(C)(C)c1cccc(F)c1C=O. The molecule has 0 spiro atoms. The molecule has 0 saturated carbocycles. The predicted octanol–water partition coefficient (Wildman–Crippen LogP) is 2.94. The van der Waals surface area contributed by atoms with Crippen molar-refractivity contribution in [2.24, 2.45) is 0 Å². The van der Waals surface area contributed by atoms with Crippen molar-refractivity contribution in [2.75, 3.05) is 0 Å². The highest BCUT2D eigenvalue weighted by Crippen LogP contribution is 2.26. The third-order valence-corrected chi connectivity index (χ3v) is 1.98. The molecule has 0 aliphatic heterocycles. The van der Waals surface area contributed by atoms with Crippen LogP contribution in [0.25, 0.3) is 0 Å². The van der Waals surface area contributed by atoms with Gasteiger partial charge in [0.15, 0.2) is 6.29 Å². The summed E-state index contributed by atoms with van der Waals surface area (Å²) in [5.74, 6) is -0.442. The van der Waals surface area contributed by atoms with Gasteiger partial charge in [-0.1, -0.05) is 32.9 Å². The molecule has 1 nitrogen and oxygen atoms in total. The van der Waals surface area contributed by atoms with Crippen LogP contribution < -0.4 is 0 Å². The Labute approximate surface area is 77.6 Å². The summed E-state index contributed by atoms with van der Waals surface area (Å²) in [7, 11) is 0. The lowest BCUT2D eigenvalue weighted by atomic mass is 9.84. The van der Waals surface area contributed by atoms with Crippen LogP contribution in [-0.2, 0) is 5.41 Å². The van der Waals surface area contributed by atoms with E-state index in [1.54, 1.807) is 12.1 Å². The van der Waals surface area contributed by atoms with Crippen LogP contribution in [-0.4, -0.2) is 6.29 Å². The van der Waals surface area contributed by atoms with Crippen LogP contribution in [0.2, 0.25) is 0 Å². The highest BCUT2D eigenvalue weighted by molar-refractivity contribution is 5.78. The van der Waals surface area contributed by atoms with E-state index in [1.807, 2.05) is 20.8 Å². The minimum Gasteiger partial charge on any atom is -0.298 e. The lowest BCUT2D eigenvalue weighted by Gasteiger charge is -2.20. The van der Waals surface area contributed by atoms with Gasteiger partial charge in [-0.05, 0) is 17.0 Å². The van der Waals surface area contributed by atoms with Crippen LogP contribution in [0.15, 0.2) is 18.2 Å². The minimum absolute atomic E-state index is 0.176. The van der Waals surface area contributed by atoms with Crippen molar-refractivity contribution in [3.8, 4) is 0 Å². The maximum atomic E-state index is 13.1.